The third kappa shape index (κ3) is 1.47. The summed E-state index contributed by atoms with van der Waals surface area (Å²) >= 11 is 4.31. The molecule has 1 N–H and O–H groups in total. The molecule has 0 aliphatic heterocycles. The molecule has 2 heterocycles. The molecule has 3 nitrogen and oxygen atoms in total. The lowest BCUT2D eigenvalue weighted by molar-refractivity contribution is 1.10. The topological polar surface area (TPSA) is 41.6 Å². The van der Waals surface area contributed by atoms with Gasteiger partial charge in [0.25, 0.3) is 0 Å². The first kappa shape index (κ1) is 9.42. The van der Waals surface area contributed by atoms with Gasteiger partial charge in [0.1, 0.15) is 17.0 Å². The number of hydrogen-bond acceptors (Lipinski definition) is 3. The second-order valence-corrected chi connectivity index (χ2v) is 3.93. The quantitative estimate of drug-likeness (QED) is 0.496. The molecule has 0 bridgehead atoms. The predicted octanol–water partition coefficient (Wildman–Crippen LogP) is 2.91. The molecule has 0 spiro atoms. The van der Waals surface area contributed by atoms with Crippen LogP contribution in [-0.2, 0) is 0 Å². The van der Waals surface area contributed by atoms with Gasteiger partial charge < -0.3 is 4.98 Å². The van der Waals surface area contributed by atoms with E-state index in [0.29, 0.717) is 5.03 Å². The van der Waals surface area contributed by atoms with Gasteiger partial charge in [-0.2, -0.15) is 0 Å². The Kier molecular flexibility index (Phi) is 2.15. The summed E-state index contributed by atoms with van der Waals surface area (Å²) in [4.78, 5) is 11.5. The zero-order valence-electron chi connectivity index (χ0n) is 8.38. The maximum Gasteiger partial charge on any atom is 0.142 e. The standard InChI is InChI=1S/C12H9N3S/c16-12-9-6-10(8-4-2-1-3-5-8)15-11(9)13-7-14-12/h1-7H,(H2,13,14,15,16). The van der Waals surface area contributed by atoms with Gasteiger partial charge in [-0.25, -0.2) is 9.97 Å². The van der Waals surface area contributed by atoms with Crippen LogP contribution in [0.4, 0.5) is 0 Å². The van der Waals surface area contributed by atoms with Crippen molar-refractivity contribution in [3.05, 3.63) is 42.7 Å². The van der Waals surface area contributed by atoms with E-state index in [0.717, 1.165) is 22.3 Å². The van der Waals surface area contributed by atoms with E-state index in [1.807, 2.05) is 24.3 Å². The fraction of sp³-hybridized carbons (Fsp3) is 0. The molecule has 0 aliphatic rings. The molecule has 0 fully saturated rings. The molecule has 3 aromatic rings. The van der Waals surface area contributed by atoms with E-state index in [1.165, 1.54) is 6.33 Å². The van der Waals surface area contributed by atoms with Crippen LogP contribution in [0.5, 0.6) is 0 Å². The second-order valence-electron chi connectivity index (χ2n) is 3.51. The van der Waals surface area contributed by atoms with Crippen LogP contribution in [-0.4, -0.2) is 15.0 Å². The Hall–Kier alpha value is -1.81. The zero-order valence-corrected chi connectivity index (χ0v) is 9.28. The summed E-state index contributed by atoms with van der Waals surface area (Å²) in [5, 5.41) is 1.65. The van der Waals surface area contributed by atoms with Gasteiger partial charge in [0.05, 0.1) is 5.39 Å². The lowest BCUT2D eigenvalue weighted by atomic mass is 10.1. The van der Waals surface area contributed by atoms with Crippen LogP contribution in [0.15, 0.2) is 47.8 Å². The van der Waals surface area contributed by atoms with E-state index in [4.69, 9.17) is 0 Å². The SMILES string of the molecule is Sc1ncnc2[nH]c(-c3ccccc3)cc12. The lowest BCUT2D eigenvalue weighted by Crippen LogP contribution is -1.80. The van der Waals surface area contributed by atoms with Crippen LogP contribution >= 0.6 is 12.6 Å². The van der Waals surface area contributed by atoms with Gasteiger partial charge in [-0.1, -0.05) is 30.3 Å². The van der Waals surface area contributed by atoms with Crippen LogP contribution < -0.4 is 0 Å². The average Bonchev–Trinajstić information content (AvgIpc) is 2.76. The highest BCUT2D eigenvalue weighted by molar-refractivity contribution is 7.80. The third-order valence-electron chi connectivity index (χ3n) is 2.49. The summed E-state index contributed by atoms with van der Waals surface area (Å²) < 4.78 is 0. The molecule has 0 amide bonds. The molecule has 16 heavy (non-hydrogen) atoms. The first-order valence-corrected chi connectivity index (χ1v) is 5.37. The molecule has 0 saturated carbocycles. The Morgan fingerprint density at radius 2 is 1.88 bits per heavy atom. The first-order valence-electron chi connectivity index (χ1n) is 4.93. The van der Waals surface area contributed by atoms with Crippen molar-refractivity contribution in [1.82, 2.24) is 15.0 Å². The van der Waals surface area contributed by atoms with Crippen molar-refractivity contribution in [2.45, 2.75) is 5.03 Å². The van der Waals surface area contributed by atoms with E-state index in [9.17, 15) is 0 Å². The molecule has 2 aromatic heterocycles. The number of fused-ring (bicyclic) bond motifs is 1. The third-order valence-corrected chi connectivity index (χ3v) is 2.85. The fourth-order valence-corrected chi connectivity index (χ4v) is 1.92. The summed E-state index contributed by atoms with van der Waals surface area (Å²) in [6.07, 6.45) is 1.51. The predicted molar refractivity (Wildman–Crippen MR) is 66.6 cm³/mol. The summed E-state index contributed by atoms with van der Waals surface area (Å²) in [6.45, 7) is 0. The summed E-state index contributed by atoms with van der Waals surface area (Å²) in [5.74, 6) is 0. The van der Waals surface area contributed by atoms with Crippen LogP contribution in [0.2, 0.25) is 0 Å². The summed E-state index contributed by atoms with van der Waals surface area (Å²) in [7, 11) is 0. The molecule has 3 rings (SSSR count). The molecule has 0 atom stereocenters. The van der Waals surface area contributed by atoms with Crippen molar-refractivity contribution in [2.75, 3.05) is 0 Å². The minimum absolute atomic E-state index is 0.698. The monoisotopic (exact) mass is 227 g/mol. The molecular weight excluding hydrogens is 218 g/mol. The molecule has 0 unspecified atom stereocenters. The number of nitrogens with zero attached hydrogens (tertiary/aromatic N) is 2. The van der Waals surface area contributed by atoms with E-state index in [-0.39, 0.29) is 0 Å². The number of thiol groups is 1. The van der Waals surface area contributed by atoms with Crippen molar-refractivity contribution < 1.29 is 0 Å². The van der Waals surface area contributed by atoms with Gasteiger partial charge in [-0.3, -0.25) is 0 Å². The van der Waals surface area contributed by atoms with Gasteiger partial charge in [0.2, 0.25) is 0 Å². The minimum Gasteiger partial charge on any atom is -0.339 e. The fourth-order valence-electron chi connectivity index (χ4n) is 1.70. The van der Waals surface area contributed by atoms with Crippen LogP contribution in [0.1, 0.15) is 0 Å². The number of benzene rings is 1. The van der Waals surface area contributed by atoms with Crippen molar-refractivity contribution in [3.8, 4) is 11.3 Å². The Morgan fingerprint density at radius 3 is 2.62 bits per heavy atom. The van der Waals surface area contributed by atoms with Crippen LogP contribution in [0, 0.1) is 0 Å². The summed E-state index contributed by atoms with van der Waals surface area (Å²) in [6, 6.07) is 12.1. The number of hydrogen-bond donors (Lipinski definition) is 2. The van der Waals surface area contributed by atoms with Crippen molar-refractivity contribution in [3.63, 3.8) is 0 Å². The maximum absolute atomic E-state index is 4.31. The number of aromatic amines is 1. The molecule has 0 aliphatic carbocycles. The van der Waals surface area contributed by atoms with Crippen LogP contribution in [0.3, 0.4) is 0 Å². The smallest absolute Gasteiger partial charge is 0.142 e. The van der Waals surface area contributed by atoms with E-state index in [2.05, 4.69) is 39.7 Å². The zero-order chi connectivity index (χ0) is 11.0. The van der Waals surface area contributed by atoms with Gasteiger partial charge in [0.15, 0.2) is 0 Å². The summed E-state index contributed by atoms with van der Waals surface area (Å²) in [5.41, 5.74) is 2.98. The normalized spacial score (nSPS) is 10.8. The lowest BCUT2D eigenvalue weighted by Gasteiger charge is -1.94. The first-order chi connectivity index (χ1) is 7.84. The number of H-pyrrole nitrogens is 1. The Bertz CT molecular complexity index is 631. The minimum atomic E-state index is 0.698. The number of rotatable bonds is 1. The molecular formula is C12H9N3S. The largest absolute Gasteiger partial charge is 0.339 e. The van der Waals surface area contributed by atoms with Gasteiger partial charge in [-0.05, 0) is 11.6 Å². The molecule has 4 heteroatoms. The van der Waals surface area contributed by atoms with E-state index < -0.39 is 0 Å². The van der Waals surface area contributed by atoms with Crippen molar-refractivity contribution in [1.29, 1.82) is 0 Å². The van der Waals surface area contributed by atoms with Gasteiger partial charge >= 0.3 is 0 Å². The van der Waals surface area contributed by atoms with E-state index >= 15 is 0 Å². The molecule has 0 saturated heterocycles. The molecule has 1 aromatic carbocycles. The van der Waals surface area contributed by atoms with Crippen LogP contribution in [0.25, 0.3) is 22.3 Å². The number of nitrogens with one attached hydrogen (secondary N) is 1. The molecule has 0 radical (unpaired) electrons. The van der Waals surface area contributed by atoms with Gasteiger partial charge in [-0.15, -0.1) is 12.6 Å². The highest BCUT2D eigenvalue weighted by atomic mass is 32.1. The Balaban J connectivity index is 2.23. The highest BCUT2D eigenvalue weighted by Gasteiger charge is 2.06. The van der Waals surface area contributed by atoms with Crippen molar-refractivity contribution >= 4 is 23.7 Å². The Morgan fingerprint density at radius 1 is 1.06 bits per heavy atom. The van der Waals surface area contributed by atoms with Crippen molar-refractivity contribution in [2.24, 2.45) is 0 Å². The average molecular weight is 227 g/mol. The maximum atomic E-state index is 4.31. The van der Waals surface area contributed by atoms with Gasteiger partial charge in [0, 0.05) is 5.69 Å². The van der Waals surface area contributed by atoms with E-state index in [1.54, 1.807) is 0 Å². The second kappa shape index (κ2) is 3.64. The highest BCUT2D eigenvalue weighted by Crippen LogP contribution is 2.25. The molecule has 78 valence electrons. The Labute approximate surface area is 98.0 Å². The number of aromatic nitrogens is 3.